The highest BCUT2D eigenvalue weighted by molar-refractivity contribution is 5.78. The molecule has 1 aromatic carbocycles. The number of carbonyl (C=O) groups excluding carboxylic acids is 1. The maximum Gasteiger partial charge on any atom is 0.327 e. The van der Waals surface area contributed by atoms with Crippen LogP contribution in [0.1, 0.15) is 54.8 Å². The number of hydrogen-bond acceptors (Lipinski definition) is 6. The molecule has 156 valence electrons. The zero-order chi connectivity index (χ0) is 20.8. The molecule has 3 rings (SSSR count). The predicted octanol–water partition coefficient (Wildman–Crippen LogP) is 4.02. The van der Waals surface area contributed by atoms with Gasteiger partial charge >= 0.3 is 5.97 Å². The number of nitrogens with zero attached hydrogens (tertiary/aromatic N) is 1. The Kier molecular flexibility index (Phi) is 7.09. The standard InChI is InChI=1S/C23H30N2O4/c1-15(2)6-5-7-21-25-20(16(3)29-21)11-13-28-18-9-8-17-10-12-24-22(19(17)14-18)23(26)27-4/h5,7-9,14-15,22,24H,6,10-13H2,1-4H3/b7-5+. The molecular formula is C23H30N2O4. The molecular weight excluding hydrogens is 368 g/mol. The van der Waals surface area contributed by atoms with Gasteiger partial charge in [0, 0.05) is 13.0 Å². The summed E-state index contributed by atoms with van der Waals surface area (Å²) in [6.07, 6.45) is 6.56. The average Bonchev–Trinajstić information content (AvgIpc) is 3.06. The summed E-state index contributed by atoms with van der Waals surface area (Å²) in [4.78, 5) is 16.6. The van der Waals surface area contributed by atoms with E-state index in [9.17, 15) is 4.79 Å². The Hall–Kier alpha value is -2.60. The molecule has 0 radical (unpaired) electrons. The number of fused-ring (bicyclic) bond motifs is 1. The molecule has 0 amide bonds. The highest BCUT2D eigenvalue weighted by Gasteiger charge is 2.27. The van der Waals surface area contributed by atoms with Crippen molar-refractivity contribution < 1.29 is 18.7 Å². The zero-order valence-electron chi connectivity index (χ0n) is 17.7. The number of methoxy groups -OCH3 is 1. The lowest BCUT2D eigenvalue weighted by Gasteiger charge is -2.25. The third-order valence-corrected chi connectivity index (χ3v) is 4.99. The van der Waals surface area contributed by atoms with Gasteiger partial charge in [0.15, 0.2) is 0 Å². The smallest absolute Gasteiger partial charge is 0.327 e. The lowest BCUT2D eigenvalue weighted by Crippen LogP contribution is -2.35. The van der Waals surface area contributed by atoms with Gasteiger partial charge in [0.1, 0.15) is 17.6 Å². The van der Waals surface area contributed by atoms with E-state index in [2.05, 4.69) is 30.2 Å². The minimum absolute atomic E-state index is 0.278. The van der Waals surface area contributed by atoms with Crippen molar-refractivity contribution in [2.75, 3.05) is 20.3 Å². The number of hydrogen-bond donors (Lipinski definition) is 1. The van der Waals surface area contributed by atoms with Gasteiger partial charge in [-0.3, -0.25) is 0 Å². The molecule has 2 aromatic rings. The highest BCUT2D eigenvalue weighted by Crippen LogP contribution is 2.28. The second-order valence-corrected chi connectivity index (χ2v) is 7.71. The molecule has 1 aliphatic heterocycles. The van der Waals surface area contributed by atoms with E-state index in [-0.39, 0.29) is 5.97 Å². The maximum absolute atomic E-state index is 12.0. The minimum atomic E-state index is -0.440. The lowest BCUT2D eigenvalue weighted by atomic mass is 9.94. The Balaban J connectivity index is 1.61. The van der Waals surface area contributed by atoms with E-state index in [4.69, 9.17) is 13.9 Å². The summed E-state index contributed by atoms with van der Waals surface area (Å²) >= 11 is 0. The molecule has 0 bridgehead atoms. The Bertz CT molecular complexity index is 870. The third-order valence-electron chi connectivity index (χ3n) is 4.99. The number of benzene rings is 1. The number of ether oxygens (including phenoxy) is 2. The Morgan fingerprint density at radius 3 is 3.00 bits per heavy atom. The second-order valence-electron chi connectivity index (χ2n) is 7.71. The van der Waals surface area contributed by atoms with Crippen molar-refractivity contribution >= 4 is 12.0 Å². The van der Waals surface area contributed by atoms with Gasteiger partial charge in [-0.15, -0.1) is 0 Å². The summed E-state index contributed by atoms with van der Waals surface area (Å²) in [6.45, 7) is 7.52. The number of aromatic nitrogens is 1. The largest absolute Gasteiger partial charge is 0.493 e. The van der Waals surface area contributed by atoms with Crippen LogP contribution in [-0.2, 0) is 22.4 Å². The molecule has 0 saturated carbocycles. The molecule has 29 heavy (non-hydrogen) atoms. The van der Waals surface area contributed by atoms with Crippen molar-refractivity contribution in [3.63, 3.8) is 0 Å². The number of oxazole rings is 1. The molecule has 0 spiro atoms. The summed E-state index contributed by atoms with van der Waals surface area (Å²) in [5, 5.41) is 3.21. The van der Waals surface area contributed by atoms with Gasteiger partial charge in [0.2, 0.25) is 5.89 Å². The number of aryl methyl sites for hydroxylation is 1. The van der Waals surface area contributed by atoms with Crippen molar-refractivity contribution in [1.29, 1.82) is 0 Å². The first-order chi connectivity index (χ1) is 14.0. The summed E-state index contributed by atoms with van der Waals surface area (Å²) in [5.41, 5.74) is 2.98. The van der Waals surface area contributed by atoms with E-state index >= 15 is 0 Å². The first kappa shape index (κ1) is 21.1. The molecule has 0 aliphatic carbocycles. The summed E-state index contributed by atoms with van der Waals surface area (Å²) in [7, 11) is 1.41. The molecule has 0 saturated heterocycles. The fourth-order valence-corrected chi connectivity index (χ4v) is 3.41. The number of nitrogens with one attached hydrogen (secondary N) is 1. The topological polar surface area (TPSA) is 73.6 Å². The molecule has 1 unspecified atom stereocenters. The van der Waals surface area contributed by atoms with Gasteiger partial charge in [-0.1, -0.05) is 26.0 Å². The summed E-state index contributed by atoms with van der Waals surface area (Å²) < 4.78 is 16.6. The molecule has 1 atom stereocenters. The number of carbonyl (C=O) groups is 1. The van der Waals surface area contributed by atoms with Gasteiger partial charge < -0.3 is 19.2 Å². The number of esters is 1. The Morgan fingerprint density at radius 2 is 2.24 bits per heavy atom. The van der Waals surface area contributed by atoms with E-state index in [1.54, 1.807) is 0 Å². The second kappa shape index (κ2) is 9.74. The Labute approximate surface area is 172 Å². The minimum Gasteiger partial charge on any atom is -0.493 e. The van der Waals surface area contributed by atoms with Gasteiger partial charge in [-0.25, -0.2) is 9.78 Å². The fourth-order valence-electron chi connectivity index (χ4n) is 3.41. The van der Waals surface area contributed by atoms with Crippen molar-refractivity contribution in [3.8, 4) is 5.75 Å². The maximum atomic E-state index is 12.0. The van der Waals surface area contributed by atoms with Crippen LogP contribution >= 0.6 is 0 Å². The Morgan fingerprint density at radius 1 is 1.41 bits per heavy atom. The summed E-state index contributed by atoms with van der Waals surface area (Å²) in [5.74, 6) is 2.52. The van der Waals surface area contributed by atoms with Crippen molar-refractivity contribution in [2.24, 2.45) is 5.92 Å². The monoisotopic (exact) mass is 398 g/mol. The molecule has 6 nitrogen and oxygen atoms in total. The van der Waals surface area contributed by atoms with Crippen LogP contribution in [0.15, 0.2) is 28.7 Å². The third kappa shape index (κ3) is 5.48. The molecule has 1 aromatic heterocycles. The lowest BCUT2D eigenvalue weighted by molar-refractivity contribution is -0.143. The summed E-state index contributed by atoms with van der Waals surface area (Å²) in [6, 6.07) is 5.47. The quantitative estimate of drug-likeness (QED) is 0.677. The van der Waals surface area contributed by atoms with E-state index < -0.39 is 6.04 Å². The first-order valence-corrected chi connectivity index (χ1v) is 10.2. The van der Waals surface area contributed by atoms with Gasteiger partial charge in [0.05, 0.1) is 19.4 Å². The van der Waals surface area contributed by atoms with Crippen LogP contribution in [0, 0.1) is 12.8 Å². The highest BCUT2D eigenvalue weighted by atomic mass is 16.5. The molecule has 6 heteroatoms. The van der Waals surface area contributed by atoms with Crippen LogP contribution in [-0.4, -0.2) is 31.2 Å². The number of rotatable bonds is 8. The molecule has 0 fully saturated rings. The zero-order valence-corrected chi connectivity index (χ0v) is 17.7. The van der Waals surface area contributed by atoms with E-state index in [0.717, 1.165) is 47.7 Å². The van der Waals surface area contributed by atoms with Crippen molar-refractivity contribution in [1.82, 2.24) is 10.3 Å². The molecule has 1 N–H and O–H groups in total. The van der Waals surface area contributed by atoms with E-state index in [1.807, 2.05) is 31.2 Å². The predicted molar refractivity (Wildman–Crippen MR) is 112 cm³/mol. The van der Waals surface area contributed by atoms with Gasteiger partial charge in [-0.2, -0.15) is 0 Å². The van der Waals surface area contributed by atoms with Crippen molar-refractivity contribution in [3.05, 3.63) is 52.7 Å². The molecule has 1 aliphatic rings. The van der Waals surface area contributed by atoms with Crippen LogP contribution in [0.4, 0.5) is 0 Å². The SMILES string of the molecule is COC(=O)C1NCCc2ccc(OCCc3nc(/C=C/CC(C)C)oc3C)cc21. The van der Waals surface area contributed by atoms with Crippen LogP contribution in [0.3, 0.4) is 0 Å². The van der Waals surface area contributed by atoms with E-state index in [0.29, 0.717) is 24.8 Å². The van der Waals surface area contributed by atoms with Crippen LogP contribution in [0.2, 0.25) is 0 Å². The first-order valence-electron chi connectivity index (χ1n) is 10.2. The van der Waals surface area contributed by atoms with Crippen LogP contribution in [0.5, 0.6) is 5.75 Å². The van der Waals surface area contributed by atoms with Crippen LogP contribution in [0.25, 0.3) is 6.08 Å². The van der Waals surface area contributed by atoms with E-state index in [1.165, 1.54) is 7.11 Å². The normalized spacial score (nSPS) is 16.2. The number of allylic oxidation sites excluding steroid dienone is 1. The van der Waals surface area contributed by atoms with Crippen LogP contribution < -0.4 is 10.1 Å². The molecule has 2 heterocycles. The van der Waals surface area contributed by atoms with Crippen molar-refractivity contribution in [2.45, 2.75) is 46.1 Å². The fraction of sp³-hybridized carbons (Fsp3) is 0.478. The average molecular weight is 399 g/mol. The van der Waals surface area contributed by atoms with Gasteiger partial charge in [0.25, 0.3) is 0 Å². The van der Waals surface area contributed by atoms with Gasteiger partial charge in [-0.05, 0) is 55.0 Å².